The van der Waals surface area contributed by atoms with E-state index in [4.69, 9.17) is 15.7 Å². The summed E-state index contributed by atoms with van der Waals surface area (Å²) in [5.41, 5.74) is 10.6. The molecule has 0 radical (unpaired) electrons. The number of benzene rings is 1. The number of nitrogens with two attached hydrogens (primary N) is 1. The van der Waals surface area contributed by atoms with Gasteiger partial charge in [0, 0.05) is 5.92 Å². The Labute approximate surface area is 106 Å². The van der Waals surface area contributed by atoms with Gasteiger partial charge in [-0.2, -0.15) is 0 Å². The quantitative estimate of drug-likeness (QED) is 0.769. The van der Waals surface area contributed by atoms with Gasteiger partial charge in [0.05, 0.1) is 28.0 Å². The molecule has 2 atom stereocenters. The van der Waals surface area contributed by atoms with Crippen LogP contribution in [0.5, 0.6) is 0 Å². The number of aromatic nitrogens is 2. The third kappa shape index (κ3) is 0.962. The van der Waals surface area contributed by atoms with Gasteiger partial charge in [0.15, 0.2) is 0 Å². The van der Waals surface area contributed by atoms with E-state index < -0.39 is 0 Å². The molecule has 3 nitrogen and oxygen atoms in total. The fraction of sp³-hybridized carbons (Fsp3) is 0.467. The van der Waals surface area contributed by atoms with Gasteiger partial charge in [-0.1, -0.05) is 26.0 Å². The maximum atomic E-state index is 6.68. The minimum Gasteiger partial charge on any atom is -0.320 e. The number of rotatable bonds is 0. The molecular formula is C15H17N3. The first-order chi connectivity index (χ1) is 8.54. The third-order valence-electron chi connectivity index (χ3n) is 5.20. The molecule has 2 unspecified atom stereocenters. The summed E-state index contributed by atoms with van der Waals surface area (Å²) in [4.78, 5) is 9.66. The zero-order chi connectivity index (χ0) is 12.5. The van der Waals surface area contributed by atoms with Crippen molar-refractivity contribution < 1.29 is 0 Å². The maximum Gasteiger partial charge on any atom is 0.0891 e. The molecule has 4 rings (SSSR count). The molecule has 2 N–H and O–H groups in total. The van der Waals surface area contributed by atoms with Crippen molar-refractivity contribution in [1.82, 2.24) is 9.97 Å². The normalized spacial score (nSPS) is 31.8. The molecule has 0 aliphatic heterocycles. The van der Waals surface area contributed by atoms with Crippen molar-refractivity contribution in [1.29, 1.82) is 0 Å². The van der Waals surface area contributed by atoms with Crippen molar-refractivity contribution in [2.24, 2.45) is 11.1 Å². The van der Waals surface area contributed by atoms with Crippen molar-refractivity contribution >= 4 is 11.0 Å². The molecule has 0 spiro atoms. The summed E-state index contributed by atoms with van der Waals surface area (Å²) < 4.78 is 0. The first-order valence-electron chi connectivity index (χ1n) is 6.60. The molecule has 2 aromatic rings. The molecule has 2 bridgehead atoms. The lowest BCUT2D eigenvalue weighted by Gasteiger charge is -2.33. The standard InChI is InChI=1S/C15H17N3/c1-14(2)9-7-8-15(14,16)13-12(9)17-10-5-3-4-6-11(10)18-13/h3-6,9H,7-8,16H2,1-2H3. The molecule has 1 saturated carbocycles. The highest BCUT2D eigenvalue weighted by atomic mass is 15.0. The van der Waals surface area contributed by atoms with E-state index in [-0.39, 0.29) is 11.0 Å². The largest absolute Gasteiger partial charge is 0.320 e. The van der Waals surface area contributed by atoms with E-state index in [0.717, 1.165) is 35.3 Å². The van der Waals surface area contributed by atoms with Crippen molar-refractivity contribution in [3.8, 4) is 0 Å². The molecule has 0 saturated heterocycles. The lowest BCUT2D eigenvalue weighted by Crippen LogP contribution is -2.44. The second-order valence-corrected chi connectivity index (χ2v) is 6.23. The van der Waals surface area contributed by atoms with Gasteiger partial charge in [-0.05, 0) is 30.4 Å². The Balaban J connectivity index is 2.08. The average molecular weight is 239 g/mol. The van der Waals surface area contributed by atoms with Gasteiger partial charge in [-0.3, -0.25) is 0 Å². The smallest absolute Gasteiger partial charge is 0.0891 e. The Hall–Kier alpha value is -1.48. The zero-order valence-corrected chi connectivity index (χ0v) is 10.8. The minimum atomic E-state index is -0.288. The highest BCUT2D eigenvalue weighted by Gasteiger charge is 2.62. The molecule has 18 heavy (non-hydrogen) atoms. The van der Waals surface area contributed by atoms with E-state index in [2.05, 4.69) is 13.8 Å². The van der Waals surface area contributed by atoms with Crippen molar-refractivity contribution in [3.05, 3.63) is 35.7 Å². The number of hydrogen-bond donors (Lipinski definition) is 1. The summed E-state index contributed by atoms with van der Waals surface area (Å²) in [6.45, 7) is 4.53. The summed E-state index contributed by atoms with van der Waals surface area (Å²) in [7, 11) is 0. The van der Waals surface area contributed by atoms with Crippen LogP contribution >= 0.6 is 0 Å². The summed E-state index contributed by atoms with van der Waals surface area (Å²) in [6.07, 6.45) is 2.17. The van der Waals surface area contributed by atoms with E-state index in [1.165, 1.54) is 0 Å². The second kappa shape index (κ2) is 2.91. The average Bonchev–Trinajstić information content (AvgIpc) is 2.68. The van der Waals surface area contributed by atoms with Crippen LogP contribution in [0.2, 0.25) is 0 Å². The fourth-order valence-corrected chi connectivity index (χ4v) is 3.85. The first-order valence-corrected chi connectivity index (χ1v) is 6.60. The summed E-state index contributed by atoms with van der Waals surface area (Å²) in [6, 6.07) is 8.07. The number of hydrogen-bond acceptors (Lipinski definition) is 3. The van der Waals surface area contributed by atoms with Crippen molar-refractivity contribution in [2.45, 2.75) is 38.1 Å². The molecular weight excluding hydrogens is 222 g/mol. The van der Waals surface area contributed by atoms with Crippen LogP contribution in [0.1, 0.15) is 44.0 Å². The van der Waals surface area contributed by atoms with Gasteiger partial charge in [0.25, 0.3) is 0 Å². The highest BCUT2D eigenvalue weighted by Crippen LogP contribution is 2.64. The van der Waals surface area contributed by atoms with E-state index in [1.54, 1.807) is 0 Å². The minimum absolute atomic E-state index is 0.0761. The first kappa shape index (κ1) is 10.4. The van der Waals surface area contributed by atoms with Crippen molar-refractivity contribution in [2.75, 3.05) is 0 Å². The lowest BCUT2D eigenvalue weighted by atomic mass is 9.76. The molecule has 0 amide bonds. The van der Waals surface area contributed by atoms with Gasteiger partial charge in [-0.25, -0.2) is 9.97 Å². The monoisotopic (exact) mass is 239 g/mol. The Bertz CT molecular complexity index is 662. The molecule has 2 aliphatic rings. The van der Waals surface area contributed by atoms with E-state index in [9.17, 15) is 0 Å². The van der Waals surface area contributed by atoms with E-state index >= 15 is 0 Å². The Morgan fingerprint density at radius 2 is 1.83 bits per heavy atom. The predicted octanol–water partition coefficient (Wildman–Crippen LogP) is 2.70. The molecule has 1 heterocycles. The van der Waals surface area contributed by atoms with Crippen LogP contribution in [0.3, 0.4) is 0 Å². The third-order valence-corrected chi connectivity index (χ3v) is 5.20. The molecule has 2 aliphatic carbocycles. The topological polar surface area (TPSA) is 51.8 Å². The van der Waals surface area contributed by atoms with Crippen LogP contribution in [-0.2, 0) is 5.54 Å². The maximum absolute atomic E-state index is 6.68. The summed E-state index contributed by atoms with van der Waals surface area (Å²) in [5, 5.41) is 0. The van der Waals surface area contributed by atoms with E-state index in [1.807, 2.05) is 24.3 Å². The molecule has 3 heteroatoms. The summed E-state index contributed by atoms with van der Waals surface area (Å²) >= 11 is 0. The van der Waals surface area contributed by atoms with Crippen LogP contribution in [0.25, 0.3) is 11.0 Å². The van der Waals surface area contributed by atoms with Crippen LogP contribution < -0.4 is 5.73 Å². The van der Waals surface area contributed by atoms with Crippen LogP contribution in [0.4, 0.5) is 0 Å². The van der Waals surface area contributed by atoms with Crippen LogP contribution in [0, 0.1) is 5.41 Å². The van der Waals surface area contributed by atoms with Crippen LogP contribution in [0.15, 0.2) is 24.3 Å². The number of para-hydroxylation sites is 2. The Morgan fingerprint density at radius 1 is 1.17 bits per heavy atom. The lowest BCUT2D eigenvalue weighted by molar-refractivity contribution is 0.213. The number of nitrogens with zero attached hydrogens (tertiary/aromatic N) is 2. The van der Waals surface area contributed by atoms with Crippen LogP contribution in [-0.4, -0.2) is 9.97 Å². The van der Waals surface area contributed by atoms with Gasteiger partial charge < -0.3 is 5.73 Å². The fourth-order valence-electron chi connectivity index (χ4n) is 3.85. The van der Waals surface area contributed by atoms with Crippen molar-refractivity contribution in [3.63, 3.8) is 0 Å². The van der Waals surface area contributed by atoms with Gasteiger partial charge in [0.1, 0.15) is 0 Å². The van der Waals surface area contributed by atoms with Gasteiger partial charge >= 0.3 is 0 Å². The second-order valence-electron chi connectivity index (χ2n) is 6.23. The van der Waals surface area contributed by atoms with Gasteiger partial charge in [0.2, 0.25) is 0 Å². The zero-order valence-electron chi connectivity index (χ0n) is 10.8. The Morgan fingerprint density at radius 3 is 2.56 bits per heavy atom. The van der Waals surface area contributed by atoms with E-state index in [0.29, 0.717) is 5.92 Å². The summed E-state index contributed by atoms with van der Waals surface area (Å²) in [5.74, 6) is 0.467. The Kier molecular flexibility index (Phi) is 1.69. The number of fused-ring (bicyclic) bond motifs is 6. The molecule has 1 aromatic carbocycles. The molecule has 1 aromatic heterocycles. The SMILES string of the molecule is CC1(C)C2CCC1(N)c1nc3ccccc3nc12. The predicted molar refractivity (Wildman–Crippen MR) is 71.2 cm³/mol. The van der Waals surface area contributed by atoms with Gasteiger partial charge in [-0.15, -0.1) is 0 Å². The molecule has 1 fully saturated rings. The highest BCUT2D eigenvalue weighted by molar-refractivity contribution is 5.75. The molecule has 92 valence electrons.